The van der Waals surface area contributed by atoms with Crippen LogP contribution in [0.5, 0.6) is 0 Å². The van der Waals surface area contributed by atoms with E-state index in [-0.39, 0.29) is 0 Å². The Balaban J connectivity index is 2.88. The number of hydrogen-bond acceptors (Lipinski definition) is 2. The van der Waals surface area contributed by atoms with Gasteiger partial charge in [0.05, 0.1) is 5.69 Å². The van der Waals surface area contributed by atoms with Gasteiger partial charge < -0.3 is 5.73 Å². The number of hydrogen-bond donors (Lipinski definition) is 1. The van der Waals surface area contributed by atoms with Crippen LogP contribution in [0.25, 0.3) is 10.9 Å². The number of fused-ring (bicyclic) bond motifs is 1. The highest BCUT2D eigenvalue weighted by Gasteiger charge is 2.03. The third-order valence-corrected chi connectivity index (χ3v) is 1.94. The second kappa shape index (κ2) is 2.38. The van der Waals surface area contributed by atoms with Gasteiger partial charge in [0.2, 0.25) is 0 Å². The lowest BCUT2D eigenvalue weighted by Gasteiger charge is -1.94. The summed E-state index contributed by atoms with van der Waals surface area (Å²) in [5, 5.41) is 5.81. The first-order chi connectivity index (χ1) is 5.66. The van der Waals surface area contributed by atoms with Crippen molar-refractivity contribution in [2.75, 3.05) is 5.73 Å². The van der Waals surface area contributed by atoms with Gasteiger partial charge in [0.1, 0.15) is 5.52 Å². The maximum absolute atomic E-state index is 5.82. The second-order valence-electron chi connectivity index (χ2n) is 2.74. The Bertz CT molecular complexity index is 433. The summed E-state index contributed by atoms with van der Waals surface area (Å²) in [7, 11) is 1.85. The van der Waals surface area contributed by atoms with Gasteiger partial charge in [-0.15, -0.1) is 0 Å². The number of rotatable bonds is 0. The standard InChI is InChI=1S/C8H8ClN3/c1-12-4-5-2-6(9)3-7(10)8(5)11-12/h2-4H,10H2,1H3. The van der Waals surface area contributed by atoms with E-state index in [4.69, 9.17) is 17.3 Å². The Kier molecular flexibility index (Phi) is 1.48. The van der Waals surface area contributed by atoms with E-state index in [9.17, 15) is 0 Å². The molecule has 0 amide bonds. The van der Waals surface area contributed by atoms with E-state index in [2.05, 4.69) is 5.10 Å². The normalized spacial score (nSPS) is 10.8. The molecule has 0 aliphatic heterocycles. The lowest BCUT2D eigenvalue weighted by atomic mass is 10.2. The van der Waals surface area contributed by atoms with Crippen molar-refractivity contribution in [3.8, 4) is 0 Å². The number of anilines is 1. The first-order valence-electron chi connectivity index (χ1n) is 3.55. The van der Waals surface area contributed by atoms with E-state index in [0.717, 1.165) is 10.9 Å². The van der Waals surface area contributed by atoms with Crippen LogP contribution in [0.1, 0.15) is 0 Å². The fourth-order valence-corrected chi connectivity index (χ4v) is 1.48. The van der Waals surface area contributed by atoms with Crippen LogP contribution in [0, 0.1) is 0 Å². The summed E-state index contributed by atoms with van der Waals surface area (Å²) in [4.78, 5) is 0. The molecule has 0 saturated carbocycles. The van der Waals surface area contributed by atoms with Crippen molar-refractivity contribution in [1.82, 2.24) is 9.78 Å². The molecule has 0 saturated heterocycles. The van der Waals surface area contributed by atoms with E-state index < -0.39 is 0 Å². The largest absolute Gasteiger partial charge is 0.397 e. The van der Waals surface area contributed by atoms with Crippen molar-refractivity contribution < 1.29 is 0 Å². The predicted octanol–water partition coefficient (Wildman–Crippen LogP) is 1.81. The molecule has 0 bridgehead atoms. The third-order valence-electron chi connectivity index (χ3n) is 1.72. The number of aryl methyl sites for hydroxylation is 1. The summed E-state index contributed by atoms with van der Waals surface area (Å²) in [6.45, 7) is 0. The molecule has 0 atom stereocenters. The average Bonchev–Trinajstić information content (AvgIpc) is 2.29. The molecular formula is C8H8ClN3. The average molecular weight is 182 g/mol. The lowest BCUT2D eigenvalue weighted by molar-refractivity contribution is 0.780. The number of nitrogens with zero attached hydrogens (tertiary/aromatic N) is 2. The molecule has 2 aromatic rings. The Hall–Kier alpha value is -1.22. The molecule has 4 heteroatoms. The van der Waals surface area contributed by atoms with Crippen molar-refractivity contribution in [1.29, 1.82) is 0 Å². The molecule has 0 aliphatic carbocycles. The summed E-state index contributed by atoms with van der Waals surface area (Å²) in [6.07, 6.45) is 1.89. The van der Waals surface area contributed by atoms with Crippen LogP contribution in [-0.2, 0) is 7.05 Å². The molecule has 0 fully saturated rings. The minimum Gasteiger partial charge on any atom is -0.397 e. The first-order valence-corrected chi connectivity index (χ1v) is 3.93. The molecule has 0 spiro atoms. The van der Waals surface area contributed by atoms with Crippen LogP contribution in [0.3, 0.4) is 0 Å². The SMILES string of the molecule is Cn1cc2cc(Cl)cc(N)c2n1. The van der Waals surface area contributed by atoms with E-state index in [0.29, 0.717) is 10.7 Å². The molecule has 0 aliphatic rings. The van der Waals surface area contributed by atoms with E-state index in [1.807, 2.05) is 19.3 Å². The Morgan fingerprint density at radius 3 is 3.00 bits per heavy atom. The molecule has 0 radical (unpaired) electrons. The molecule has 1 aromatic carbocycles. The molecule has 12 heavy (non-hydrogen) atoms. The number of nitrogen functional groups attached to an aromatic ring is 1. The highest BCUT2D eigenvalue weighted by Crippen LogP contribution is 2.23. The topological polar surface area (TPSA) is 43.8 Å². The van der Waals surface area contributed by atoms with E-state index >= 15 is 0 Å². The van der Waals surface area contributed by atoms with Gasteiger partial charge in [-0.05, 0) is 12.1 Å². The van der Waals surface area contributed by atoms with Gasteiger partial charge in [-0.1, -0.05) is 11.6 Å². The quantitative estimate of drug-likeness (QED) is 0.630. The monoisotopic (exact) mass is 181 g/mol. The number of benzene rings is 1. The summed E-state index contributed by atoms with van der Waals surface area (Å²) in [5.41, 5.74) is 7.14. The molecule has 0 unspecified atom stereocenters. The Labute approximate surface area is 74.7 Å². The summed E-state index contributed by atoms with van der Waals surface area (Å²) in [6, 6.07) is 3.55. The van der Waals surface area contributed by atoms with E-state index in [1.165, 1.54) is 0 Å². The molecule has 2 rings (SSSR count). The van der Waals surface area contributed by atoms with Gasteiger partial charge in [-0.25, -0.2) is 0 Å². The Morgan fingerprint density at radius 1 is 1.50 bits per heavy atom. The minimum atomic E-state index is 0.623. The van der Waals surface area contributed by atoms with Gasteiger partial charge in [0, 0.05) is 23.7 Å². The van der Waals surface area contributed by atoms with Crippen molar-refractivity contribution in [2.24, 2.45) is 7.05 Å². The molecule has 3 nitrogen and oxygen atoms in total. The maximum Gasteiger partial charge on any atom is 0.115 e. The maximum atomic E-state index is 5.82. The lowest BCUT2D eigenvalue weighted by Crippen LogP contribution is -1.89. The Morgan fingerprint density at radius 2 is 2.25 bits per heavy atom. The smallest absolute Gasteiger partial charge is 0.115 e. The third kappa shape index (κ3) is 1.02. The van der Waals surface area contributed by atoms with Gasteiger partial charge in [0.15, 0.2) is 0 Å². The summed E-state index contributed by atoms with van der Waals surface area (Å²) < 4.78 is 1.72. The second-order valence-corrected chi connectivity index (χ2v) is 3.17. The summed E-state index contributed by atoms with van der Waals surface area (Å²) in [5.74, 6) is 0. The number of halogens is 1. The zero-order valence-corrected chi connectivity index (χ0v) is 7.34. The first kappa shape index (κ1) is 7.43. The number of aromatic nitrogens is 2. The van der Waals surface area contributed by atoms with Gasteiger partial charge >= 0.3 is 0 Å². The fourth-order valence-electron chi connectivity index (χ4n) is 1.24. The molecule has 2 N–H and O–H groups in total. The molecule has 1 heterocycles. The van der Waals surface area contributed by atoms with Crippen LogP contribution in [0.4, 0.5) is 5.69 Å². The fraction of sp³-hybridized carbons (Fsp3) is 0.125. The zero-order valence-electron chi connectivity index (χ0n) is 6.58. The number of nitrogens with two attached hydrogens (primary N) is 1. The van der Waals surface area contributed by atoms with Gasteiger partial charge in [-0.3, -0.25) is 4.68 Å². The van der Waals surface area contributed by atoms with Gasteiger partial charge in [0.25, 0.3) is 0 Å². The summed E-state index contributed by atoms with van der Waals surface area (Å²) >= 11 is 5.82. The van der Waals surface area contributed by atoms with Crippen LogP contribution < -0.4 is 5.73 Å². The van der Waals surface area contributed by atoms with Crippen LogP contribution in [0.15, 0.2) is 18.3 Å². The highest BCUT2D eigenvalue weighted by atomic mass is 35.5. The van der Waals surface area contributed by atoms with Crippen LogP contribution in [-0.4, -0.2) is 9.78 Å². The van der Waals surface area contributed by atoms with Crippen molar-refractivity contribution in [2.45, 2.75) is 0 Å². The molecular weight excluding hydrogens is 174 g/mol. The minimum absolute atomic E-state index is 0.623. The van der Waals surface area contributed by atoms with Crippen LogP contribution >= 0.6 is 11.6 Å². The predicted molar refractivity (Wildman–Crippen MR) is 50.1 cm³/mol. The molecule has 1 aromatic heterocycles. The zero-order chi connectivity index (χ0) is 8.72. The van der Waals surface area contributed by atoms with Gasteiger partial charge in [-0.2, -0.15) is 5.10 Å². The van der Waals surface area contributed by atoms with Crippen molar-refractivity contribution in [3.63, 3.8) is 0 Å². The van der Waals surface area contributed by atoms with Crippen LogP contribution in [0.2, 0.25) is 5.02 Å². The van der Waals surface area contributed by atoms with Crippen molar-refractivity contribution in [3.05, 3.63) is 23.4 Å². The highest BCUT2D eigenvalue weighted by molar-refractivity contribution is 6.31. The van der Waals surface area contributed by atoms with Crippen molar-refractivity contribution >= 4 is 28.2 Å². The van der Waals surface area contributed by atoms with E-state index in [1.54, 1.807) is 10.7 Å². The molecule has 62 valence electrons.